The molecule has 0 aromatic heterocycles. The maximum atomic E-state index is 5.83. The van der Waals surface area contributed by atoms with E-state index in [2.05, 4.69) is 18.7 Å². The number of likely N-dealkylation sites (tertiary alicyclic amines) is 1. The summed E-state index contributed by atoms with van der Waals surface area (Å²) >= 11 is 0. The van der Waals surface area contributed by atoms with Crippen LogP contribution in [0.2, 0.25) is 0 Å². The van der Waals surface area contributed by atoms with Gasteiger partial charge in [-0.1, -0.05) is 13.8 Å². The average Bonchev–Trinajstić information content (AvgIpc) is 2.54. The van der Waals surface area contributed by atoms with Crippen LogP contribution in [0.1, 0.15) is 20.3 Å². The van der Waals surface area contributed by atoms with Crippen molar-refractivity contribution in [2.75, 3.05) is 33.4 Å². The second-order valence-electron chi connectivity index (χ2n) is 4.62. The highest BCUT2D eigenvalue weighted by atomic mass is 16.5. The minimum absolute atomic E-state index is 0.500. The molecule has 84 valence electrons. The Hall–Kier alpha value is -0.120. The Bertz CT molecular complexity index is 163. The minimum Gasteiger partial charge on any atom is -0.384 e. The van der Waals surface area contributed by atoms with Crippen molar-refractivity contribution in [1.82, 2.24) is 4.90 Å². The van der Waals surface area contributed by atoms with Crippen LogP contribution in [0, 0.1) is 11.8 Å². The molecule has 3 atom stereocenters. The number of nitrogens with zero attached hydrogens (tertiary/aromatic N) is 1. The molecule has 14 heavy (non-hydrogen) atoms. The summed E-state index contributed by atoms with van der Waals surface area (Å²) in [5, 5.41) is 0. The summed E-state index contributed by atoms with van der Waals surface area (Å²) in [6.45, 7) is 8.51. The summed E-state index contributed by atoms with van der Waals surface area (Å²) in [6, 6.07) is 0.500. The number of ether oxygens (including phenoxy) is 1. The fraction of sp³-hybridized carbons (Fsp3) is 1.00. The molecule has 1 heterocycles. The molecule has 0 amide bonds. The molecule has 1 rings (SSSR count). The lowest BCUT2D eigenvalue weighted by atomic mass is 10.0. The van der Waals surface area contributed by atoms with Crippen LogP contribution < -0.4 is 5.73 Å². The average molecular weight is 200 g/mol. The molecule has 3 nitrogen and oxygen atoms in total. The summed E-state index contributed by atoms with van der Waals surface area (Å²) in [7, 11) is 1.76. The highest BCUT2D eigenvalue weighted by Crippen LogP contribution is 2.21. The largest absolute Gasteiger partial charge is 0.384 e. The van der Waals surface area contributed by atoms with Gasteiger partial charge in [0, 0.05) is 26.2 Å². The Morgan fingerprint density at radius 2 is 2.29 bits per heavy atom. The molecule has 0 bridgehead atoms. The molecule has 0 aromatic rings. The van der Waals surface area contributed by atoms with Crippen LogP contribution in [0.15, 0.2) is 0 Å². The van der Waals surface area contributed by atoms with Crippen LogP contribution in [0.3, 0.4) is 0 Å². The van der Waals surface area contributed by atoms with E-state index in [0.717, 1.165) is 19.1 Å². The minimum atomic E-state index is 0.500. The van der Waals surface area contributed by atoms with E-state index < -0.39 is 0 Å². The third-order valence-corrected chi connectivity index (χ3v) is 3.25. The van der Waals surface area contributed by atoms with E-state index in [1.54, 1.807) is 7.11 Å². The predicted molar refractivity (Wildman–Crippen MR) is 59.2 cm³/mol. The van der Waals surface area contributed by atoms with Crippen molar-refractivity contribution in [2.24, 2.45) is 17.6 Å². The Morgan fingerprint density at radius 3 is 2.71 bits per heavy atom. The molecule has 1 aliphatic rings. The van der Waals surface area contributed by atoms with Gasteiger partial charge in [0.2, 0.25) is 0 Å². The van der Waals surface area contributed by atoms with E-state index in [1.807, 2.05) is 0 Å². The Balaban J connectivity index is 2.44. The first-order valence-electron chi connectivity index (χ1n) is 5.62. The summed E-state index contributed by atoms with van der Waals surface area (Å²) in [6.07, 6.45) is 1.32. The normalized spacial score (nSPS) is 27.9. The summed E-state index contributed by atoms with van der Waals surface area (Å²) in [5.41, 5.74) is 5.83. The highest BCUT2D eigenvalue weighted by Gasteiger charge is 2.28. The molecule has 0 aromatic carbocycles. The van der Waals surface area contributed by atoms with Crippen molar-refractivity contribution in [2.45, 2.75) is 26.3 Å². The van der Waals surface area contributed by atoms with Crippen molar-refractivity contribution < 1.29 is 4.74 Å². The third kappa shape index (κ3) is 2.94. The van der Waals surface area contributed by atoms with E-state index >= 15 is 0 Å². The van der Waals surface area contributed by atoms with Crippen molar-refractivity contribution >= 4 is 0 Å². The van der Waals surface area contributed by atoms with Gasteiger partial charge in [0.1, 0.15) is 0 Å². The fourth-order valence-corrected chi connectivity index (χ4v) is 2.39. The van der Waals surface area contributed by atoms with E-state index in [-0.39, 0.29) is 0 Å². The van der Waals surface area contributed by atoms with Gasteiger partial charge in [0.15, 0.2) is 0 Å². The van der Waals surface area contributed by atoms with Crippen LogP contribution in [0.25, 0.3) is 0 Å². The van der Waals surface area contributed by atoms with Gasteiger partial charge in [0.05, 0.1) is 6.61 Å². The van der Waals surface area contributed by atoms with Crippen molar-refractivity contribution in [3.63, 3.8) is 0 Å². The van der Waals surface area contributed by atoms with E-state index in [4.69, 9.17) is 10.5 Å². The molecule has 1 aliphatic heterocycles. The standard InChI is InChI=1S/C11H24N2O/c1-9-4-5-13(7-9)11(6-12)10(2)8-14-3/h9-11H,4-8,12H2,1-3H3. The first-order chi connectivity index (χ1) is 6.69. The van der Waals surface area contributed by atoms with Crippen LogP contribution in [-0.2, 0) is 4.74 Å². The molecule has 0 saturated carbocycles. The lowest BCUT2D eigenvalue weighted by Gasteiger charge is -2.31. The SMILES string of the molecule is COCC(C)C(CN)N1CCC(C)C1. The quantitative estimate of drug-likeness (QED) is 0.718. The van der Waals surface area contributed by atoms with Crippen molar-refractivity contribution in [3.05, 3.63) is 0 Å². The summed E-state index contributed by atoms with van der Waals surface area (Å²) < 4.78 is 5.19. The van der Waals surface area contributed by atoms with Gasteiger partial charge >= 0.3 is 0 Å². The molecular formula is C11H24N2O. The highest BCUT2D eigenvalue weighted by molar-refractivity contribution is 4.83. The zero-order chi connectivity index (χ0) is 10.6. The summed E-state index contributed by atoms with van der Waals surface area (Å²) in [5.74, 6) is 1.37. The maximum Gasteiger partial charge on any atom is 0.0503 e. The zero-order valence-corrected chi connectivity index (χ0v) is 9.70. The molecule has 0 spiro atoms. The summed E-state index contributed by atoms with van der Waals surface area (Å²) in [4.78, 5) is 2.52. The van der Waals surface area contributed by atoms with Gasteiger partial charge in [-0.3, -0.25) is 4.90 Å². The number of nitrogens with two attached hydrogens (primary N) is 1. The fourth-order valence-electron chi connectivity index (χ4n) is 2.39. The molecule has 0 radical (unpaired) electrons. The van der Waals surface area contributed by atoms with Crippen LogP contribution in [0.4, 0.5) is 0 Å². The smallest absolute Gasteiger partial charge is 0.0503 e. The number of rotatable bonds is 5. The lowest BCUT2D eigenvalue weighted by Crippen LogP contribution is -2.44. The van der Waals surface area contributed by atoms with Crippen LogP contribution >= 0.6 is 0 Å². The Labute approximate surface area is 87.6 Å². The van der Waals surface area contributed by atoms with Gasteiger partial charge in [-0.05, 0) is 24.8 Å². The third-order valence-electron chi connectivity index (χ3n) is 3.25. The van der Waals surface area contributed by atoms with Gasteiger partial charge in [-0.15, -0.1) is 0 Å². The number of hydrogen-bond acceptors (Lipinski definition) is 3. The lowest BCUT2D eigenvalue weighted by molar-refractivity contribution is 0.0961. The Morgan fingerprint density at radius 1 is 1.57 bits per heavy atom. The molecule has 3 heteroatoms. The van der Waals surface area contributed by atoms with Gasteiger partial charge in [-0.25, -0.2) is 0 Å². The Kier molecular flexibility index (Phi) is 4.85. The first-order valence-corrected chi connectivity index (χ1v) is 5.62. The molecule has 0 aliphatic carbocycles. The monoisotopic (exact) mass is 200 g/mol. The van der Waals surface area contributed by atoms with E-state index in [1.165, 1.54) is 19.5 Å². The van der Waals surface area contributed by atoms with Crippen LogP contribution in [-0.4, -0.2) is 44.3 Å². The molecule has 2 N–H and O–H groups in total. The van der Waals surface area contributed by atoms with Crippen LogP contribution in [0.5, 0.6) is 0 Å². The maximum absolute atomic E-state index is 5.83. The molecule has 1 fully saturated rings. The topological polar surface area (TPSA) is 38.5 Å². The van der Waals surface area contributed by atoms with E-state index in [0.29, 0.717) is 12.0 Å². The van der Waals surface area contributed by atoms with Crippen molar-refractivity contribution in [1.29, 1.82) is 0 Å². The molecule has 3 unspecified atom stereocenters. The second kappa shape index (κ2) is 5.69. The van der Waals surface area contributed by atoms with Gasteiger partial charge in [0.25, 0.3) is 0 Å². The molecule has 1 saturated heterocycles. The molecular weight excluding hydrogens is 176 g/mol. The predicted octanol–water partition coefficient (Wildman–Crippen LogP) is 0.938. The number of methoxy groups -OCH3 is 1. The first kappa shape index (κ1) is 12.0. The second-order valence-corrected chi connectivity index (χ2v) is 4.62. The van der Waals surface area contributed by atoms with E-state index in [9.17, 15) is 0 Å². The van der Waals surface area contributed by atoms with Gasteiger partial charge in [-0.2, -0.15) is 0 Å². The zero-order valence-electron chi connectivity index (χ0n) is 9.70. The number of hydrogen-bond donors (Lipinski definition) is 1. The van der Waals surface area contributed by atoms with Gasteiger partial charge < -0.3 is 10.5 Å². The van der Waals surface area contributed by atoms with Crippen molar-refractivity contribution in [3.8, 4) is 0 Å².